The first kappa shape index (κ1) is 22.9. The normalized spacial score (nSPS) is 13.7. The Bertz CT molecular complexity index is 1810. The van der Waals surface area contributed by atoms with Crippen molar-refractivity contribution in [1.82, 2.24) is 45.0 Å². The summed E-state index contributed by atoms with van der Waals surface area (Å²) in [6, 6.07) is 9.48. The molecule has 1 aliphatic heterocycles. The Labute approximate surface area is 221 Å². The van der Waals surface area contributed by atoms with Gasteiger partial charge in [-0.15, -0.1) is 0 Å². The zero-order valence-electron chi connectivity index (χ0n) is 20.6. The zero-order valence-corrected chi connectivity index (χ0v) is 20.6. The van der Waals surface area contributed by atoms with E-state index in [9.17, 15) is 4.79 Å². The second-order valence-electron chi connectivity index (χ2n) is 9.07. The van der Waals surface area contributed by atoms with Gasteiger partial charge in [0, 0.05) is 66.3 Å². The van der Waals surface area contributed by atoms with Gasteiger partial charge in [0.2, 0.25) is 0 Å². The molecule has 0 unspecified atom stereocenters. The monoisotopic (exact) mass is 518 g/mol. The second kappa shape index (κ2) is 9.58. The van der Waals surface area contributed by atoms with E-state index in [-0.39, 0.29) is 6.03 Å². The zero-order chi connectivity index (χ0) is 26.2. The number of hydrogen-bond donors (Lipinski definition) is 3. The molecule has 0 aliphatic carbocycles. The van der Waals surface area contributed by atoms with Crippen LogP contribution >= 0.6 is 0 Å². The van der Waals surface area contributed by atoms with E-state index in [1.165, 1.54) is 0 Å². The number of pyridine rings is 4. The number of aromatic nitrogens is 8. The number of anilines is 1. The SMILES string of the molecule is O=C(Nc1cncc(-c2cnc3[nH]nc(-c4nc5c(-c6cccnc6)ccnc5[nH]4)c3c2)c1)N1CCOCC1. The van der Waals surface area contributed by atoms with E-state index >= 15 is 0 Å². The number of nitrogens with one attached hydrogen (secondary N) is 3. The molecule has 0 radical (unpaired) electrons. The maximum Gasteiger partial charge on any atom is 0.322 e. The van der Waals surface area contributed by atoms with Crippen LogP contribution in [0.2, 0.25) is 0 Å². The van der Waals surface area contributed by atoms with Gasteiger partial charge in [-0.25, -0.2) is 19.7 Å². The van der Waals surface area contributed by atoms with Gasteiger partial charge in [-0.1, -0.05) is 6.07 Å². The van der Waals surface area contributed by atoms with Crippen molar-refractivity contribution in [1.29, 1.82) is 0 Å². The molecule has 0 saturated carbocycles. The van der Waals surface area contributed by atoms with Crippen LogP contribution in [0.4, 0.5) is 10.5 Å². The molecule has 1 aliphatic rings. The minimum Gasteiger partial charge on any atom is -0.378 e. The third-order valence-electron chi connectivity index (χ3n) is 6.62. The molecule has 0 aromatic carbocycles. The Balaban J connectivity index is 1.23. The number of carbonyl (C=O) groups excluding carboxylic acids is 1. The molecule has 7 heterocycles. The van der Waals surface area contributed by atoms with E-state index in [0.29, 0.717) is 54.8 Å². The van der Waals surface area contributed by atoms with Crippen LogP contribution in [0.25, 0.3) is 56.0 Å². The van der Waals surface area contributed by atoms with Crippen LogP contribution in [0.1, 0.15) is 0 Å². The molecular weight excluding hydrogens is 496 g/mol. The molecule has 6 aromatic rings. The number of ether oxygens (including phenoxy) is 1. The first-order valence-corrected chi connectivity index (χ1v) is 12.4. The molecule has 192 valence electrons. The largest absolute Gasteiger partial charge is 0.378 e. The highest BCUT2D eigenvalue weighted by atomic mass is 16.5. The van der Waals surface area contributed by atoms with Crippen molar-refractivity contribution < 1.29 is 9.53 Å². The molecule has 2 amide bonds. The number of imidazole rings is 1. The van der Waals surface area contributed by atoms with E-state index in [1.807, 2.05) is 30.3 Å². The van der Waals surface area contributed by atoms with Gasteiger partial charge in [-0.2, -0.15) is 5.10 Å². The van der Waals surface area contributed by atoms with Gasteiger partial charge in [0.1, 0.15) is 11.2 Å². The van der Waals surface area contributed by atoms with Crippen LogP contribution in [0.3, 0.4) is 0 Å². The number of carbonyl (C=O) groups is 1. The van der Waals surface area contributed by atoms with Gasteiger partial charge in [-0.3, -0.25) is 15.1 Å². The van der Waals surface area contributed by atoms with E-state index in [2.05, 4.69) is 40.4 Å². The lowest BCUT2D eigenvalue weighted by Crippen LogP contribution is -2.43. The van der Waals surface area contributed by atoms with Gasteiger partial charge in [-0.05, 0) is 24.3 Å². The topological polar surface area (TPSA) is 150 Å². The molecule has 0 bridgehead atoms. The average Bonchev–Trinajstić information content (AvgIpc) is 3.62. The highest BCUT2D eigenvalue weighted by molar-refractivity contribution is 5.96. The first-order valence-electron chi connectivity index (χ1n) is 12.4. The molecule has 7 rings (SSSR count). The van der Waals surface area contributed by atoms with Gasteiger partial charge >= 0.3 is 6.03 Å². The quantitative estimate of drug-likeness (QED) is 0.318. The molecule has 6 aromatic heterocycles. The fourth-order valence-electron chi connectivity index (χ4n) is 4.65. The van der Waals surface area contributed by atoms with Crippen LogP contribution in [-0.4, -0.2) is 77.3 Å². The molecule has 1 saturated heterocycles. The van der Waals surface area contributed by atoms with Crippen molar-refractivity contribution in [2.24, 2.45) is 0 Å². The molecule has 12 nitrogen and oxygen atoms in total. The number of H-pyrrole nitrogens is 2. The average molecular weight is 519 g/mol. The molecule has 12 heteroatoms. The number of nitrogens with zero attached hydrogens (tertiary/aromatic N) is 7. The third kappa shape index (κ3) is 4.32. The number of rotatable bonds is 4. The summed E-state index contributed by atoms with van der Waals surface area (Å²) in [5, 5.41) is 11.2. The van der Waals surface area contributed by atoms with Crippen molar-refractivity contribution >= 4 is 33.9 Å². The van der Waals surface area contributed by atoms with Gasteiger partial charge in [0.25, 0.3) is 0 Å². The van der Waals surface area contributed by atoms with Gasteiger partial charge in [0.05, 0.1) is 30.5 Å². The van der Waals surface area contributed by atoms with Crippen LogP contribution in [0.5, 0.6) is 0 Å². The molecular formula is C27H22N10O2. The Hall–Kier alpha value is -5.23. The summed E-state index contributed by atoms with van der Waals surface area (Å²) in [5.74, 6) is 0.573. The van der Waals surface area contributed by atoms with Crippen LogP contribution in [0, 0.1) is 0 Å². The van der Waals surface area contributed by atoms with Crippen LogP contribution < -0.4 is 5.32 Å². The Morgan fingerprint density at radius 1 is 0.923 bits per heavy atom. The number of amides is 2. The van der Waals surface area contributed by atoms with Crippen molar-refractivity contribution in [3.05, 3.63) is 67.5 Å². The lowest BCUT2D eigenvalue weighted by atomic mass is 10.1. The van der Waals surface area contributed by atoms with E-state index < -0.39 is 0 Å². The van der Waals surface area contributed by atoms with E-state index in [1.54, 1.807) is 42.1 Å². The maximum absolute atomic E-state index is 12.6. The number of aromatic amines is 2. The number of fused-ring (bicyclic) bond motifs is 2. The summed E-state index contributed by atoms with van der Waals surface area (Å²) in [7, 11) is 0. The summed E-state index contributed by atoms with van der Waals surface area (Å²) in [6.07, 6.45) is 10.4. The van der Waals surface area contributed by atoms with Gasteiger partial charge in [0.15, 0.2) is 17.1 Å². The number of urea groups is 1. The Morgan fingerprint density at radius 3 is 2.67 bits per heavy atom. The van der Waals surface area contributed by atoms with Crippen LogP contribution in [-0.2, 0) is 4.74 Å². The second-order valence-corrected chi connectivity index (χ2v) is 9.07. The molecule has 3 N–H and O–H groups in total. The minimum absolute atomic E-state index is 0.174. The Kier molecular flexibility index (Phi) is 5.63. The summed E-state index contributed by atoms with van der Waals surface area (Å²) < 4.78 is 5.33. The first-order chi connectivity index (χ1) is 19.2. The minimum atomic E-state index is -0.174. The summed E-state index contributed by atoms with van der Waals surface area (Å²) >= 11 is 0. The van der Waals surface area contributed by atoms with E-state index in [4.69, 9.17) is 9.72 Å². The molecule has 0 atom stereocenters. The standard InChI is InChI=1S/C27H22N10O2/c38-27(37-6-8-39-9-7-37)32-19-10-17(13-29-15-19)18-11-21-23(35-36-24(21)31-14-18)26-33-22-20(3-5-30-25(22)34-26)16-2-1-4-28-12-16/h1-5,10-15H,6-9H2,(H,32,38)(H,30,33,34)(H,31,35,36). The molecule has 1 fully saturated rings. The van der Waals surface area contributed by atoms with E-state index in [0.717, 1.165) is 33.2 Å². The summed E-state index contributed by atoms with van der Waals surface area (Å²) in [6.45, 7) is 2.20. The highest BCUT2D eigenvalue weighted by Gasteiger charge is 2.19. The number of hydrogen-bond acceptors (Lipinski definition) is 8. The van der Waals surface area contributed by atoms with Gasteiger partial charge < -0.3 is 19.9 Å². The number of morpholine rings is 1. The lowest BCUT2D eigenvalue weighted by molar-refractivity contribution is 0.0564. The maximum atomic E-state index is 12.6. The summed E-state index contributed by atoms with van der Waals surface area (Å²) in [4.78, 5) is 40.1. The fraction of sp³-hybridized carbons (Fsp3) is 0.148. The Morgan fingerprint density at radius 2 is 1.79 bits per heavy atom. The molecule has 0 spiro atoms. The predicted molar refractivity (Wildman–Crippen MR) is 145 cm³/mol. The lowest BCUT2D eigenvalue weighted by Gasteiger charge is -2.26. The third-order valence-corrected chi connectivity index (χ3v) is 6.62. The summed E-state index contributed by atoms with van der Waals surface area (Å²) in [5.41, 5.74) is 6.74. The van der Waals surface area contributed by atoms with Crippen molar-refractivity contribution in [2.75, 3.05) is 31.6 Å². The smallest absolute Gasteiger partial charge is 0.322 e. The fourth-order valence-corrected chi connectivity index (χ4v) is 4.65. The van der Waals surface area contributed by atoms with Crippen molar-refractivity contribution in [2.45, 2.75) is 0 Å². The van der Waals surface area contributed by atoms with Crippen LogP contribution in [0.15, 0.2) is 67.5 Å². The predicted octanol–water partition coefficient (Wildman–Crippen LogP) is 3.88. The highest BCUT2D eigenvalue weighted by Crippen LogP contribution is 2.32. The molecule has 39 heavy (non-hydrogen) atoms. The van der Waals surface area contributed by atoms with Crippen molar-refractivity contribution in [3.8, 4) is 33.8 Å². The van der Waals surface area contributed by atoms with Crippen molar-refractivity contribution in [3.63, 3.8) is 0 Å².